The van der Waals surface area contributed by atoms with Crippen LogP contribution in [0.15, 0.2) is 12.1 Å². The predicted molar refractivity (Wildman–Crippen MR) is 79.9 cm³/mol. The van der Waals surface area contributed by atoms with E-state index in [2.05, 4.69) is 24.1 Å². The minimum Gasteiger partial charge on any atom is -0.349 e. The zero-order valence-corrected chi connectivity index (χ0v) is 12.9. The molecular weight excluding hydrogens is 283 g/mol. The summed E-state index contributed by atoms with van der Waals surface area (Å²) in [5.74, 6) is -0.138. The second-order valence-corrected chi connectivity index (χ2v) is 5.38. The third kappa shape index (κ3) is 5.79. The monoisotopic (exact) mass is 302 g/mol. The van der Waals surface area contributed by atoms with Gasteiger partial charge in [-0.15, -0.1) is 0 Å². The molecule has 1 atom stereocenters. The van der Waals surface area contributed by atoms with Crippen molar-refractivity contribution in [3.05, 3.63) is 28.0 Å². The Balaban J connectivity index is 2.69. The zero-order valence-electron chi connectivity index (χ0n) is 11.4. The molecule has 106 valence electrons. The van der Waals surface area contributed by atoms with Crippen molar-refractivity contribution >= 4 is 29.1 Å². The van der Waals surface area contributed by atoms with Crippen LogP contribution in [0.5, 0.6) is 0 Å². The highest BCUT2D eigenvalue weighted by molar-refractivity contribution is 6.33. The standard InChI is InChI=1S/C14H20Cl2N2O/c1-3-5-7-11(6-4-2)17-14(19)10-8-12(15)18-13(16)9-10/h8-9,11H,3-7H2,1-2H3,(H,17,19). The van der Waals surface area contributed by atoms with Crippen LogP contribution in [0, 0.1) is 0 Å². The van der Waals surface area contributed by atoms with Gasteiger partial charge in [0.05, 0.1) is 0 Å². The van der Waals surface area contributed by atoms with E-state index in [9.17, 15) is 4.79 Å². The molecule has 3 nitrogen and oxygen atoms in total. The van der Waals surface area contributed by atoms with Crippen molar-refractivity contribution in [2.24, 2.45) is 0 Å². The molecule has 0 saturated carbocycles. The van der Waals surface area contributed by atoms with E-state index in [0.717, 1.165) is 32.1 Å². The Morgan fingerprint density at radius 2 is 1.84 bits per heavy atom. The molecule has 0 aliphatic rings. The molecule has 5 heteroatoms. The highest BCUT2D eigenvalue weighted by Gasteiger charge is 2.14. The summed E-state index contributed by atoms with van der Waals surface area (Å²) in [5.41, 5.74) is 0.461. The van der Waals surface area contributed by atoms with E-state index in [1.54, 1.807) is 0 Å². The first-order valence-electron chi connectivity index (χ1n) is 6.70. The molecule has 0 fully saturated rings. The molecule has 0 radical (unpaired) electrons. The van der Waals surface area contributed by atoms with Crippen LogP contribution in [0.3, 0.4) is 0 Å². The molecule has 1 heterocycles. The van der Waals surface area contributed by atoms with Gasteiger partial charge in [-0.05, 0) is 25.0 Å². The molecule has 1 N–H and O–H groups in total. The molecule has 1 unspecified atom stereocenters. The van der Waals surface area contributed by atoms with E-state index < -0.39 is 0 Å². The number of hydrogen-bond acceptors (Lipinski definition) is 2. The molecular formula is C14H20Cl2N2O. The molecule has 0 saturated heterocycles. The van der Waals surface area contributed by atoms with Gasteiger partial charge in [0.1, 0.15) is 10.3 Å². The Morgan fingerprint density at radius 3 is 2.37 bits per heavy atom. The molecule has 1 amide bonds. The van der Waals surface area contributed by atoms with Crippen LogP contribution < -0.4 is 5.32 Å². The molecule has 0 aromatic carbocycles. The normalized spacial score (nSPS) is 12.2. The molecule has 0 spiro atoms. The van der Waals surface area contributed by atoms with Gasteiger partial charge in [-0.25, -0.2) is 4.98 Å². The fraction of sp³-hybridized carbons (Fsp3) is 0.571. The van der Waals surface area contributed by atoms with Crippen LogP contribution in [0.4, 0.5) is 0 Å². The van der Waals surface area contributed by atoms with Crippen molar-refractivity contribution in [2.45, 2.75) is 52.0 Å². The van der Waals surface area contributed by atoms with Gasteiger partial charge < -0.3 is 5.32 Å². The van der Waals surface area contributed by atoms with Gasteiger partial charge in [-0.3, -0.25) is 4.79 Å². The maximum atomic E-state index is 12.1. The lowest BCUT2D eigenvalue weighted by atomic mass is 10.0. The maximum Gasteiger partial charge on any atom is 0.251 e. The van der Waals surface area contributed by atoms with Crippen LogP contribution in [0.2, 0.25) is 10.3 Å². The Kier molecular flexibility index (Phi) is 7.17. The summed E-state index contributed by atoms with van der Waals surface area (Å²) in [6, 6.07) is 3.28. The summed E-state index contributed by atoms with van der Waals surface area (Å²) in [4.78, 5) is 16.0. The number of amides is 1. The molecule has 0 bridgehead atoms. The zero-order chi connectivity index (χ0) is 14.3. The number of rotatable bonds is 7. The number of aromatic nitrogens is 1. The summed E-state index contributed by atoms with van der Waals surface area (Å²) in [5, 5.41) is 3.51. The molecule has 1 rings (SSSR count). The van der Waals surface area contributed by atoms with Gasteiger partial charge in [0, 0.05) is 11.6 Å². The summed E-state index contributed by atoms with van der Waals surface area (Å²) >= 11 is 11.6. The van der Waals surface area contributed by atoms with Crippen molar-refractivity contribution in [1.29, 1.82) is 0 Å². The lowest BCUT2D eigenvalue weighted by Crippen LogP contribution is -2.34. The van der Waals surface area contributed by atoms with Crippen LogP contribution >= 0.6 is 23.2 Å². The number of halogens is 2. The fourth-order valence-electron chi connectivity index (χ4n) is 1.95. The molecule has 19 heavy (non-hydrogen) atoms. The summed E-state index contributed by atoms with van der Waals surface area (Å²) in [6.07, 6.45) is 5.28. The number of nitrogens with one attached hydrogen (secondary N) is 1. The minimum atomic E-state index is -0.138. The Hall–Kier alpha value is -0.800. The van der Waals surface area contributed by atoms with Gasteiger partial charge in [-0.1, -0.05) is 56.3 Å². The quantitative estimate of drug-likeness (QED) is 0.755. The van der Waals surface area contributed by atoms with E-state index in [1.807, 2.05) is 0 Å². The highest BCUT2D eigenvalue weighted by atomic mass is 35.5. The maximum absolute atomic E-state index is 12.1. The molecule has 0 aliphatic heterocycles. The molecule has 1 aromatic rings. The average molecular weight is 303 g/mol. The lowest BCUT2D eigenvalue weighted by molar-refractivity contribution is 0.0932. The Morgan fingerprint density at radius 1 is 1.21 bits per heavy atom. The van der Waals surface area contributed by atoms with E-state index >= 15 is 0 Å². The Labute approximate surface area is 124 Å². The summed E-state index contributed by atoms with van der Waals surface area (Å²) < 4.78 is 0. The number of unbranched alkanes of at least 4 members (excludes halogenated alkanes) is 1. The van der Waals surface area contributed by atoms with Gasteiger partial charge in [0.25, 0.3) is 5.91 Å². The second-order valence-electron chi connectivity index (χ2n) is 4.60. The SMILES string of the molecule is CCCCC(CCC)NC(=O)c1cc(Cl)nc(Cl)c1. The first-order valence-corrected chi connectivity index (χ1v) is 7.46. The van der Waals surface area contributed by atoms with E-state index in [0.29, 0.717) is 5.56 Å². The predicted octanol–water partition coefficient (Wildman–Crippen LogP) is 4.48. The average Bonchev–Trinajstić information content (AvgIpc) is 2.35. The summed E-state index contributed by atoms with van der Waals surface area (Å²) in [7, 11) is 0. The van der Waals surface area contributed by atoms with Gasteiger partial charge in [0.2, 0.25) is 0 Å². The number of pyridine rings is 1. The third-order valence-electron chi connectivity index (χ3n) is 2.90. The van der Waals surface area contributed by atoms with Crippen molar-refractivity contribution in [3.63, 3.8) is 0 Å². The van der Waals surface area contributed by atoms with Crippen LogP contribution in [-0.4, -0.2) is 16.9 Å². The highest BCUT2D eigenvalue weighted by Crippen LogP contribution is 2.15. The van der Waals surface area contributed by atoms with Crippen LogP contribution in [0.1, 0.15) is 56.3 Å². The third-order valence-corrected chi connectivity index (χ3v) is 3.29. The number of carbonyl (C=O) groups excluding carboxylic acids is 1. The number of hydrogen-bond donors (Lipinski definition) is 1. The lowest BCUT2D eigenvalue weighted by Gasteiger charge is -2.18. The minimum absolute atomic E-state index is 0.138. The smallest absolute Gasteiger partial charge is 0.251 e. The fourth-order valence-corrected chi connectivity index (χ4v) is 2.41. The first-order chi connectivity index (χ1) is 9.06. The largest absolute Gasteiger partial charge is 0.349 e. The second kappa shape index (κ2) is 8.39. The molecule has 0 aliphatic carbocycles. The van der Waals surface area contributed by atoms with Gasteiger partial charge in [-0.2, -0.15) is 0 Å². The Bertz CT molecular complexity index is 404. The van der Waals surface area contributed by atoms with E-state index in [1.165, 1.54) is 12.1 Å². The summed E-state index contributed by atoms with van der Waals surface area (Å²) in [6.45, 7) is 4.26. The van der Waals surface area contributed by atoms with E-state index in [-0.39, 0.29) is 22.3 Å². The van der Waals surface area contributed by atoms with Crippen molar-refractivity contribution in [3.8, 4) is 0 Å². The number of carbonyl (C=O) groups is 1. The van der Waals surface area contributed by atoms with Crippen LogP contribution in [0.25, 0.3) is 0 Å². The van der Waals surface area contributed by atoms with Crippen molar-refractivity contribution in [2.75, 3.05) is 0 Å². The topological polar surface area (TPSA) is 42.0 Å². The van der Waals surface area contributed by atoms with Crippen molar-refractivity contribution < 1.29 is 4.79 Å². The van der Waals surface area contributed by atoms with Gasteiger partial charge in [0.15, 0.2) is 0 Å². The number of nitrogens with zero attached hydrogens (tertiary/aromatic N) is 1. The van der Waals surface area contributed by atoms with E-state index in [4.69, 9.17) is 23.2 Å². The van der Waals surface area contributed by atoms with Gasteiger partial charge >= 0.3 is 0 Å². The van der Waals surface area contributed by atoms with Crippen molar-refractivity contribution in [1.82, 2.24) is 10.3 Å². The molecule has 1 aromatic heterocycles. The van der Waals surface area contributed by atoms with Crippen LogP contribution in [-0.2, 0) is 0 Å². The first kappa shape index (κ1) is 16.3.